The van der Waals surface area contributed by atoms with Crippen molar-refractivity contribution in [3.63, 3.8) is 0 Å². The van der Waals surface area contributed by atoms with E-state index in [1.807, 2.05) is 0 Å². The maximum Gasteiger partial charge on any atom is 0.322 e. The van der Waals surface area contributed by atoms with E-state index in [0.29, 0.717) is 10.6 Å². The van der Waals surface area contributed by atoms with Crippen LogP contribution >= 0.6 is 11.6 Å². The van der Waals surface area contributed by atoms with Crippen LogP contribution in [-0.2, 0) is 14.8 Å². The molecule has 5 nitrogen and oxygen atoms in total. The third kappa shape index (κ3) is 5.32. The fourth-order valence-corrected chi connectivity index (χ4v) is 2.70. The molecule has 0 bridgehead atoms. The second-order valence-corrected chi connectivity index (χ2v) is 6.61. The summed E-state index contributed by atoms with van der Waals surface area (Å²) in [6.07, 6.45) is 1.37. The zero-order valence-corrected chi connectivity index (χ0v) is 12.6. The number of hydrogen-bond donors (Lipinski definition) is 2. The van der Waals surface area contributed by atoms with Gasteiger partial charge in [-0.2, -0.15) is 4.72 Å². The van der Waals surface area contributed by atoms with E-state index in [2.05, 4.69) is 4.72 Å². The molecule has 0 amide bonds. The third-order valence-electron chi connectivity index (χ3n) is 2.53. The zero-order valence-electron chi connectivity index (χ0n) is 11.1. The Bertz CT molecular complexity index is 593. The van der Waals surface area contributed by atoms with Crippen LogP contribution in [0, 0.1) is 5.92 Å². The topological polar surface area (TPSA) is 83.5 Å². The number of hydrogen-bond acceptors (Lipinski definition) is 3. The third-order valence-corrected chi connectivity index (χ3v) is 3.86. The summed E-state index contributed by atoms with van der Waals surface area (Å²) in [4.78, 5) is 11.0. The van der Waals surface area contributed by atoms with Crippen molar-refractivity contribution < 1.29 is 18.3 Å². The van der Waals surface area contributed by atoms with Gasteiger partial charge in [0.05, 0.1) is 0 Å². The Morgan fingerprint density at radius 1 is 1.30 bits per heavy atom. The summed E-state index contributed by atoms with van der Waals surface area (Å²) in [5, 5.41) is 10.4. The maximum absolute atomic E-state index is 11.8. The van der Waals surface area contributed by atoms with Gasteiger partial charge in [-0.25, -0.2) is 8.42 Å². The van der Waals surface area contributed by atoms with Crippen LogP contribution in [-0.4, -0.2) is 25.5 Å². The molecule has 7 heteroatoms. The molecule has 0 aliphatic carbocycles. The van der Waals surface area contributed by atoms with Gasteiger partial charge in [-0.1, -0.05) is 37.6 Å². The number of carboxylic acids is 1. The predicted molar refractivity (Wildman–Crippen MR) is 78.8 cm³/mol. The minimum absolute atomic E-state index is 0.355. The molecule has 0 spiro atoms. The molecule has 0 aliphatic rings. The van der Waals surface area contributed by atoms with E-state index < -0.39 is 22.0 Å². The molecule has 0 radical (unpaired) electrons. The summed E-state index contributed by atoms with van der Waals surface area (Å²) in [7, 11) is -3.82. The fraction of sp³-hybridized carbons (Fsp3) is 0.308. The highest BCUT2D eigenvalue weighted by Crippen LogP contribution is 2.11. The van der Waals surface area contributed by atoms with Crippen molar-refractivity contribution in [1.29, 1.82) is 0 Å². The number of halogens is 1. The lowest BCUT2D eigenvalue weighted by Crippen LogP contribution is -2.43. The lowest BCUT2D eigenvalue weighted by atomic mass is 10.1. The first-order valence-electron chi connectivity index (χ1n) is 5.90. The summed E-state index contributed by atoms with van der Waals surface area (Å²) in [6, 6.07) is 5.43. The Kier molecular flexibility index (Phi) is 5.74. The van der Waals surface area contributed by atoms with Crippen molar-refractivity contribution >= 4 is 33.7 Å². The van der Waals surface area contributed by atoms with Crippen LogP contribution in [0.1, 0.15) is 19.4 Å². The molecule has 0 fully saturated rings. The molecule has 2 N–H and O–H groups in total. The number of nitrogens with one attached hydrogen (secondary N) is 1. The van der Waals surface area contributed by atoms with Gasteiger partial charge in [0.2, 0.25) is 10.0 Å². The molecule has 1 atom stereocenters. The monoisotopic (exact) mass is 317 g/mol. The fourth-order valence-electron chi connectivity index (χ4n) is 1.43. The second kappa shape index (κ2) is 6.88. The van der Waals surface area contributed by atoms with Gasteiger partial charge in [-0.15, -0.1) is 0 Å². The van der Waals surface area contributed by atoms with E-state index in [1.54, 1.807) is 38.1 Å². The first-order valence-corrected chi connectivity index (χ1v) is 7.82. The van der Waals surface area contributed by atoms with Crippen LogP contribution in [0.4, 0.5) is 0 Å². The largest absolute Gasteiger partial charge is 0.480 e. The van der Waals surface area contributed by atoms with Crippen molar-refractivity contribution in [2.45, 2.75) is 19.9 Å². The number of sulfonamides is 1. The van der Waals surface area contributed by atoms with Crippen molar-refractivity contribution in [2.75, 3.05) is 0 Å². The minimum atomic E-state index is -3.82. The first kappa shape index (κ1) is 16.7. The van der Waals surface area contributed by atoms with Crippen LogP contribution in [0.25, 0.3) is 6.08 Å². The van der Waals surface area contributed by atoms with Crippen LogP contribution in [0.5, 0.6) is 0 Å². The molecule has 1 aromatic rings. The Balaban J connectivity index is 2.84. The van der Waals surface area contributed by atoms with Gasteiger partial charge < -0.3 is 5.11 Å². The molecular formula is C13H16ClNO4S. The Morgan fingerprint density at radius 2 is 1.85 bits per heavy atom. The van der Waals surface area contributed by atoms with Gasteiger partial charge in [-0.3, -0.25) is 4.79 Å². The van der Waals surface area contributed by atoms with Crippen molar-refractivity contribution in [2.24, 2.45) is 5.92 Å². The Labute approximate surface area is 123 Å². The van der Waals surface area contributed by atoms with Crippen molar-refractivity contribution in [3.05, 3.63) is 40.3 Å². The van der Waals surface area contributed by atoms with Crippen LogP contribution in [0.3, 0.4) is 0 Å². The summed E-state index contributed by atoms with van der Waals surface area (Å²) < 4.78 is 25.7. The molecule has 0 saturated heterocycles. The molecule has 110 valence electrons. The zero-order chi connectivity index (χ0) is 15.3. The predicted octanol–water partition coefficient (Wildman–Crippen LogP) is 2.34. The number of rotatable bonds is 6. The summed E-state index contributed by atoms with van der Waals surface area (Å²) in [5.74, 6) is -1.56. The number of aliphatic carboxylic acids is 1. The van der Waals surface area contributed by atoms with E-state index in [4.69, 9.17) is 16.7 Å². The van der Waals surface area contributed by atoms with Gasteiger partial charge in [0.25, 0.3) is 0 Å². The smallest absolute Gasteiger partial charge is 0.322 e. The van der Waals surface area contributed by atoms with Crippen LogP contribution in [0.2, 0.25) is 5.02 Å². The molecule has 0 heterocycles. The summed E-state index contributed by atoms with van der Waals surface area (Å²) in [5.41, 5.74) is 0.649. The lowest BCUT2D eigenvalue weighted by molar-refractivity contribution is -0.140. The van der Waals surface area contributed by atoms with Gasteiger partial charge in [-0.05, 0) is 29.7 Å². The quantitative estimate of drug-likeness (QED) is 0.843. The standard InChI is InChI=1S/C13H16ClNO4S/c1-9(2)12(13(16)17)15-20(18,19)8-7-10-3-5-11(14)6-4-10/h3-9,12,15H,1-2H3,(H,16,17)/t12-/m1/s1. The van der Waals surface area contributed by atoms with Gasteiger partial charge in [0.1, 0.15) is 6.04 Å². The van der Waals surface area contributed by atoms with Crippen molar-refractivity contribution in [3.8, 4) is 0 Å². The molecule has 0 saturated carbocycles. The van der Waals surface area contributed by atoms with Gasteiger partial charge in [0.15, 0.2) is 0 Å². The van der Waals surface area contributed by atoms with E-state index in [0.717, 1.165) is 5.41 Å². The van der Waals surface area contributed by atoms with E-state index in [9.17, 15) is 13.2 Å². The first-order chi connectivity index (χ1) is 9.21. The maximum atomic E-state index is 11.8. The van der Waals surface area contributed by atoms with Crippen LogP contribution < -0.4 is 4.72 Å². The van der Waals surface area contributed by atoms with Gasteiger partial charge >= 0.3 is 5.97 Å². The summed E-state index contributed by atoms with van der Waals surface area (Å²) >= 11 is 5.72. The highest BCUT2D eigenvalue weighted by atomic mass is 35.5. The highest BCUT2D eigenvalue weighted by Gasteiger charge is 2.25. The molecule has 0 aromatic heterocycles. The number of benzene rings is 1. The molecule has 1 aromatic carbocycles. The van der Waals surface area contributed by atoms with Crippen molar-refractivity contribution in [1.82, 2.24) is 4.72 Å². The van der Waals surface area contributed by atoms with Crippen LogP contribution in [0.15, 0.2) is 29.7 Å². The number of carboxylic acid groups (broad SMARTS) is 1. The van der Waals surface area contributed by atoms with Gasteiger partial charge in [0, 0.05) is 10.4 Å². The van der Waals surface area contributed by atoms with E-state index >= 15 is 0 Å². The molecule has 20 heavy (non-hydrogen) atoms. The normalized spacial score (nSPS) is 13.8. The second-order valence-electron chi connectivity index (χ2n) is 4.58. The molecule has 0 aliphatic heterocycles. The van der Waals surface area contributed by atoms with E-state index in [-0.39, 0.29) is 5.92 Å². The average molecular weight is 318 g/mol. The molecule has 0 unspecified atom stereocenters. The number of carbonyl (C=O) groups is 1. The Hall–Kier alpha value is -1.37. The van der Waals surface area contributed by atoms with E-state index in [1.165, 1.54) is 6.08 Å². The SMILES string of the molecule is CC(C)[C@@H](NS(=O)(=O)C=Cc1ccc(Cl)cc1)C(=O)O. The highest BCUT2D eigenvalue weighted by molar-refractivity contribution is 7.92. The summed E-state index contributed by atoms with van der Waals surface area (Å²) in [6.45, 7) is 3.26. The minimum Gasteiger partial charge on any atom is -0.480 e. The lowest BCUT2D eigenvalue weighted by Gasteiger charge is -2.16. The Morgan fingerprint density at radius 3 is 2.30 bits per heavy atom. The molecule has 1 rings (SSSR count). The molecular weight excluding hydrogens is 302 g/mol. The average Bonchev–Trinajstić information content (AvgIpc) is 2.35.